The lowest BCUT2D eigenvalue weighted by atomic mass is 10.1. The van der Waals surface area contributed by atoms with E-state index in [0.717, 1.165) is 18.2 Å². The lowest BCUT2D eigenvalue weighted by molar-refractivity contribution is -0.939. The highest BCUT2D eigenvalue weighted by molar-refractivity contribution is 5.52. The van der Waals surface area contributed by atoms with Gasteiger partial charge in [0.2, 0.25) is 0 Å². The number of piperazine rings is 3. The SMILES string of the molecule is CN(CC[N+]12CCN(CC1)CC2)c1ccc(/N=N/c2n(C)cc[n+]2C)cc1. The molecule has 1 aromatic heterocycles. The molecule has 3 aliphatic rings. The van der Waals surface area contributed by atoms with E-state index in [-0.39, 0.29) is 0 Å². The van der Waals surface area contributed by atoms with Crippen LogP contribution in [0.4, 0.5) is 17.3 Å². The molecule has 3 saturated heterocycles. The zero-order chi connectivity index (χ0) is 18.9. The molecular formula is C20H31N7+2. The molecule has 1 aromatic carbocycles. The second-order valence-corrected chi connectivity index (χ2v) is 8.04. The standard InChI is InChI=1S/C20H31N7/c1-23(10-14-27-15-11-26(12-16-27)13-17-27)19-6-4-18(5-7-19)21-22-20-24(2)8-9-25(20)3/h4-9H,10-17H2,1-3H3/q+2. The molecule has 0 atom stereocenters. The zero-order valence-corrected chi connectivity index (χ0v) is 16.8. The third-order valence-electron chi connectivity index (χ3n) is 6.27. The Balaban J connectivity index is 1.35. The van der Waals surface area contributed by atoms with Crippen molar-refractivity contribution in [2.24, 2.45) is 24.3 Å². The fourth-order valence-electron chi connectivity index (χ4n) is 4.16. The van der Waals surface area contributed by atoms with E-state index in [1.54, 1.807) is 0 Å². The Kier molecular flexibility index (Phi) is 4.97. The first-order valence-corrected chi connectivity index (χ1v) is 9.86. The fourth-order valence-corrected chi connectivity index (χ4v) is 4.16. The molecule has 0 saturated carbocycles. The molecule has 2 aromatic rings. The van der Waals surface area contributed by atoms with Gasteiger partial charge in [-0.25, -0.2) is 9.13 Å². The van der Waals surface area contributed by atoms with Gasteiger partial charge in [-0.2, -0.15) is 0 Å². The van der Waals surface area contributed by atoms with Crippen LogP contribution < -0.4 is 9.47 Å². The molecule has 144 valence electrons. The summed E-state index contributed by atoms with van der Waals surface area (Å²) in [5, 5.41) is 8.74. The number of quaternary nitrogens is 1. The van der Waals surface area contributed by atoms with Crippen molar-refractivity contribution in [1.29, 1.82) is 0 Å². The molecular weight excluding hydrogens is 338 g/mol. The minimum Gasteiger partial charge on any atom is -0.369 e. The van der Waals surface area contributed by atoms with E-state index in [1.807, 2.05) is 47.8 Å². The predicted octanol–water partition coefficient (Wildman–Crippen LogP) is 1.85. The van der Waals surface area contributed by atoms with Crippen LogP contribution in [-0.2, 0) is 14.1 Å². The molecule has 0 unspecified atom stereocenters. The number of aromatic nitrogens is 2. The maximum absolute atomic E-state index is 4.38. The summed E-state index contributed by atoms with van der Waals surface area (Å²) >= 11 is 0. The van der Waals surface area contributed by atoms with Crippen molar-refractivity contribution in [3.8, 4) is 0 Å². The third kappa shape index (κ3) is 3.89. The molecule has 0 N–H and O–H groups in total. The summed E-state index contributed by atoms with van der Waals surface area (Å²) in [6.07, 6.45) is 3.95. The second kappa shape index (κ2) is 7.40. The number of fused-ring (bicyclic) bond motifs is 3. The molecule has 0 amide bonds. The monoisotopic (exact) mass is 369 g/mol. The first-order valence-electron chi connectivity index (χ1n) is 9.86. The van der Waals surface area contributed by atoms with Crippen LogP contribution in [0.25, 0.3) is 0 Å². The second-order valence-electron chi connectivity index (χ2n) is 8.04. The molecule has 0 spiro atoms. The Morgan fingerprint density at radius 1 is 1.07 bits per heavy atom. The Morgan fingerprint density at radius 3 is 2.33 bits per heavy atom. The Morgan fingerprint density at radius 2 is 1.74 bits per heavy atom. The normalized spacial score (nSPS) is 24.6. The van der Waals surface area contributed by atoms with Crippen LogP contribution in [0.15, 0.2) is 46.9 Å². The number of hydrogen-bond donors (Lipinski definition) is 0. The zero-order valence-electron chi connectivity index (χ0n) is 16.8. The average Bonchev–Trinajstić information content (AvgIpc) is 3.04. The lowest BCUT2D eigenvalue weighted by Crippen LogP contribution is -2.68. The number of aryl methyl sites for hydroxylation is 2. The third-order valence-corrected chi connectivity index (χ3v) is 6.27. The number of rotatable bonds is 6. The van der Waals surface area contributed by atoms with Crippen molar-refractivity contribution in [3.05, 3.63) is 36.7 Å². The predicted molar refractivity (Wildman–Crippen MR) is 107 cm³/mol. The Hall–Kier alpha value is -2.25. The van der Waals surface area contributed by atoms with Crippen molar-refractivity contribution in [3.63, 3.8) is 0 Å². The molecule has 0 aliphatic carbocycles. The highest BCUT2D eigenvalue weighted by atomic mass is 15.5. The van der Waals surface area contributed by atoms with Crippen LogP contribution in [0.2, 0.25) is 0 Å². The fraction of sp³-hybridized carbons (Fsp3) is 0.550. The minimum atomic E-state index is 0.826. The average molecular weight is 370 g/mol. The van der Waals surface area contributed by atoms with E-state index in [2.05, 4.69) is 39.2 Å². The summed E-state index contributed by atoms with van der Waals surface area (Å²) in [5.41, 5.74) is 2.12. The van der Waals surface area contributed by atoms with Gasteiger partial charge in [0, 0.05) is 37.5 Å². The van der Waals surface area contributed by atoms with Gasteiger partial charge in [0.05, 0.1) is 59.2 Å². The van der Waals surface area contributed by atoms with Crippen molar-refractivity contribution in [2.45, 2.75) is 0 Å². The van der Waals surface area contributed by atoms with Crippen LogP contribution in [0.5, 0.6) is 0 Å². The maximum atomic E-state index is 4.38. The molecule has 0 radical (unpaired) electrons. The summed E-state index contributed by atoms with van der Waals surface area (Å²) in [5.74, 6) is 0.826. The van der Waals surface area contributed by atoms with Gasteiger partial charge in [0.1, 0.15) is 5.69 Å². The summed E-state index contributed by atoms with van der Waals surface area (Å²) in [6.45, 7) is 10.2. The van der Waals surface area contributed by atoms with Crippen molar-refractivity contribution >= 4 is 17.3 Å². The van der Waals surface area contributed by atoms with E-state index in [0.29, 0.717) is 0 Å². The minimum absolute atomic E-state index is 0.826. The maximum Gasteiger partial charge on any atom is 0.421 e. The number of imidazole rings is 1. The number of likely N-dealkylation sites (N-methyl/N-ethyl adjacent to an activating group) is 1. The quantitative estimate of drug-likeness (QED) is 0.443. The van der Waals surface area contributed by atoms with Crippen LogP contribution in [-0.4, -0.2) is 73.4 Å². The van der Waals surface area contributed by atoms with Gasteiger partial charge >= 0.3 is 5.95 Å². The first kappa shape index (κ1) is 18.1. The van der Waals surface area contributed by atoms with Gasteiger partial charge in [-0.05, 0) is 24.3 Å². The Bertz CT molecular complexity index is 767. The van der Waals surface area contributed by atoms with Crippen LogP contribution in [0.3, 0.4) is 0 Å². The summed E-state index contributed by atoms with van der Waals surface area (Å²) in [4.78, 5) is 4.97. The van der Waals surface area contributed by atoms with Gasteiger partial charge in [-0.3, -0.25) is 4.90 Å². The molecule has 3 aliphatic heterocycles. The molecule has 5 rings (SSSR count). The molecule has 27 heavy (non-hydrogen) atoms. The van der Waals surface area contributed by atoms with Crippen molar-refractivity contribution in [1.82, 2.24) is 9.47 Å². The summed E-state index contributed by atoms with van der Waals surface area (Å²) in [7, 11) is 6.14. The number of anilines is 1. The molecule has 2 bridgehead atoms. The van der Waals surface area contributed by atoms with Crippen molar-refractivity contribution in [2.75, 3.05) is 64.3 Å². The highest BCUT2D eigenvalue weighted by Gasteiger charge is 2.38. The van der Waals surface area contributed by atoms with Gasteiger partial charge in [0.25, 0.3) is 0 Å². The number of azo groups is 1. The van der Waals surface area contributed by atoms with E-state index in [1.165, 1.54) is 56.0 Å². The smallest absolute Gasteiger partial charge is 0.369 e. The van der Waals surface area contributed by atoms with E-state index < -0.39 is 0 Å². The van der Waals surface area contributed by atoms with E-state index >= 15 is 0 Å². The Labute approximate surface area is 161 Å². The topological polar surface area (TPSA) is 40.0 Å². The number of hydrogen-bond acceptors (Lipinski definition) is 4. The lowest BCUT2D eigenvalue weighted by Gasteiger charge is -2.51. The van der Waals surface area contributed by atoms with Gasteiger partial charge in [-0.15, -0.1) is 0 Å². The van der Waals surface area contributed by atoms with Crippen molar-refractivity contribution < 1.29 is 9.05 Å². The van der Waals surface area contributed by atoms with E-state index in [4.69, 9.17) is 0 Å². The van der Waals surface area contributed by atoms with Gasteiger partial charge < -0.3 is 9.38 Å². The largest absolute Gasteiger partial charge is 0.421 e. The molecule has 3 fully saturated rings. The summed E-state index contributed by atoms with van der Waals surface area (Å²) in [6, 6.07) is 8.38. The van der Waals surface area contributed by atoms with Crippen LogP contribution >= 0.6 is 0 Å². The first-order chi connectivity index (χ1) is 13.0. The van der Waals surface area contributed by atoms with E-state index in [9.17, 15) is 0 Å². The molecule has 7 nitrogen and oxygen atoms in total. The van der Waals surface area contributed by atoms with Crippen LogP contribution in [0, 0.1) is 0 Å². The highest BCUT2D eigenvalue weighted by Crippen LogP contribution is 2.23. The van der Waals surface area contributed by atoms with Gasteiger partial charge in [0.15, 0.2) is 0 Å². The molecule has 7 heteroatoms. The number of nitrogens with zero attached hydrogens (tertiary/aromatic N) is 7. The van der Waals surface area contributed by atoms with Gasteiger partial charge in [-0.1, -0.05) is 5.11 Å². The van der Waals surface area contributed by atoms with Crippen LogP contribution in [0.1, 0.15) is 0 Å². The number of benzene rings is 1. The summed E-state index contributed by atoms with van der Waals surface area (Å²) < 4.78 is 5.22. The molecule has 4 heterocycles.